The van der Waals surface area contributed by atoms with Crippen LogP contribution in [0.4, 0.5) is 18.9 Å². The highest BCUT2D eigenvalue weighted by Gasteiger charge is 2.36. The van der Waals surface area contributed by atoms with E-state index in [-0.39, 0.29) is 24.6 Å². The normalized spacial score (nSPS) is 12.7. The van der Waals surface area contributed by atoms with Crippen LogP contribution < -0.4 is 14.4 Å². The smallest absolute Gasteiger partial charge is 0.417 e. The van der Waals surface area contributed by atoms with Gasteiger partial charge in [0.25, 0.3) is 0 Å². The maximum Gasteiger partial charge on any atom is 0.417 e. The lowest BCUT2D eigenvalue weighted by atomic mass is 10.1. The van der Waals surface area contributed by atoms with Crippen molar-refractivity contribution in [2.75, 3.05) is 30.8 Å². The van der Waals surface area contributed by atoms with Crippen LogP contribution in [-0.2, 0) is 32.3 Å². The van der Waals surface area contributed by atoms with Crippen LogP contribution >= 0.6 is 11.6 Å². The van der Waals surface area contributed by atoms with Crippen molar-refractivity contribution in [1.82, 2.24) is 10.2 Å². The molecule has 0 heterocycles. The number of methoxy groups -OCH3 is 1. The Labute approximate surface area is 232 Å². The molecule has 0 aliphatic rings. The van der Waals surface area contributed by atoms with Crippen molar-refractivity contribution in [3.63, 3.8) is 0 Å². The van der Waals surface area contributed by atoms with Crippen molar-refractivity contribution in [3.05, 3.63) is 58.6 Å². The second-order valence-electron chi connectivity index (χ2n) is 9.36. The molecular weight excluding hydrogens is 559 g/mol. The van der Waals surface area contributed by atoms with Gasteiger partial charge in [0.2, 0.25) is 21.8 Å². The van der Waals surface area contributed by atoms with Crippen LogP contribution in [0.25, 0.3) is 0 Å². The van der Waals surface area contributed by atoms with Gasteiger partial charge in [0.1, 0.15) is 18.3 Å². The fraction of sp³-hybridized carbons (Fsp3) is 0.462. The van der Waals surface area contributed by atoms with Gasteiger partial charge in [0.15, 0.2) is 0 Å². The largest absolute Gasteiger partial charge is 0.497 e. The predicted octanol–water partition coefficient (Wildman–Crippen LogP) is 4.71. The zero-order valence-electron chi connectivity index (χ0n) is 22.4. The van der Waals surface area contributed by atoms with Crippen LogP contribution in [0.1, 0.15) is 38.3 Å². The third kappa shape index (κ3) is 9.03. The molecule has 2 amide bonds. The highest BCUT2D eigenvalue weighted by Crippen LogP contribution is 2.37. The fourth-order valence-corrected chi connectivity index (χ4v) is 4.84. The number of anilines is 1. The number of carbonyl (C=O) groups is 2. The van der Waals surface area contributed by atoms with Crippen LogP contribution in [-0.4, -0.2) is 57.6 Å². The Morgan fingerprint density at radius 1 is 1.10 bits per heavy atom. The number of hydrogen-bond donors (Lipinski definition) is 1. The Morgan fingerprint density at radius 3 is 2.21 bits per heavy atom. The number of alkyl halides is 3. The first-order chi connectivity index (χ1) is 18.1. The number of nitrogens with one attached hydrogen (secondary N) is 1. The summed E-state index contributed by atoms with van der Waals surface area (Å²) >= 11 is 5.70. The predicted molar refractivity (Wildman–Crippen MR) is 144 cm³/mol. The first-order valence-electron chi connectivity index (χ1n) is 12.1. The number of amides is 2. The molecule has 0 saturated heterocycles. The van der Waals surface area contributed by atoms with Crippen molar-refractivity contribution in [1.29, 1.82) is 0 Å². The number of hydrogen-bond acceptors (Lipinski definition) is 5. The lowest BCUT2D eigenvalue weighted by Crippen LogP contribution is -2.52. The zero-order valence-corrected chi connectivity index (χ0v) is 24.0. The van der Waals surface area contributed by atoms with Gasteiger partial charge in [0, 0.05) is 13.1 Å². The average molecular weight is 592 g/mol. The van der Waals surface area contributed by atoms with E-state index in [9.17, 15) is 31.2 Å². The van der Waals surface area contributed by atoms with Crippen molar-refractivity contribution in [2.45, 2.75) is 46.0 Å². The van der Waals surface area contributed by atoms with E-state index in [0.717, 1.165) is 18.4 Å². The van der Waals surface area contributed by atoms with Crippen LogP contribution in [0.2, 0.25) is 5.02 Å². The molecule has 1 unspecified atom stereocenters. The summed E-state index contributed by atoms with van der Waals surface area (Å²) in [5.74, 6) is -0.480. The summed E-state index contributed by atoms with van der Waals surface area (Å²) in [6, 6.07) is 8.37. The fourth-order valence-electron chi connectivity index (χ4n) is 3.77. The topological polar surface area (TPSA) is 96.0 Å². The second kappa shape index (κ2) is 13.4. The molecule has 8 nitrogen and oxygen atoms in total. The Morgan fingerprint density at radius 2 is 1.72 bits per heavy atom. The molecule has 0 aliphatic carbocycles. The van der Waals surface area contributed by atoms with Gasteiger partial charge in [0.05, 0.1) is 29.6 Å². The molecule has 2 aromatic carbocycles. The summed E-state index contributed by atoms with van der Waals surface area (Å²) in [5, 5.41) is 2.18. The lowest BCUT2D eigenvalue weighted by Gasteiger charge is -2.33. The quantitative estimate of drug-likeness (QED) is 0.386. The van der Waals surface area contributed by atoms with E-state index in [1.807, 2.05) is 13.8 Å². The molecule has 0 aliphatic heterocycles. The summed E-state index contributed by atoms with van der Waals surface area (Å²) in [6.07, 6.45) is -3.85. The molecule has 216 valence electrons. The van der Waals surface area contributed by atoms with Gasteiger partial charge in [-0.1, -0.05) is 44.5 Å². The van der Waals surface area contributed by atoms with Crippen LogP contribution in [0.15, 0.2) is 42.5 Å². The molecule has 0 aromatic heterocycles. The number of ether oxygens (including phenoxy) is 1. The van der Waals surface area contributed by atoms with E-state index in [2.05, 4.69) is 5.32 Å². The SMILES string of the molecule is CCC(C(=O)NCC(C)C)N(Cc1ccc(OC)cc1)C(=O)CN(c1ccc(Cl)c(C(F)(F)F)c1)S(C)(=O)=O. The minimum Gasteiger partial charge on any atom is -0.497 e. The summed E-state index contributed by atoms with van der Waals surface area (Å²) in [4.78, 5) is 28.0. The van der Waals surface area contributed by atoms with E-state index in [4.69, 9.17) is 16.3 Å². The molecular formula is C26H33ClF3N3O5S. The Hall–Kier alpha value is -2.99. The minimum absolute atomic E-state index is 0.0531. The third-order valence-corrected chi connectivity index (χ3v) is 7.28. The van der Waals surface area contributed by atoms with E-state index in [1.54, 1.807) is 31.2 Å². The van der Waals surface area contributed by atoms with Gasteiger partial charge in [-0.25, -0.2) is 8.42 Å². The molecule has 0 fully saturated rings. The molecule has 2 aromatic rings. The summed E-state index contributed by atoms with van der Waals surface area (Å²) < 4.78 is 71.4. The van der Waals surface area contributed by atoms with Crippen LogP contribution in [0.3, 0.4) is 0 Å². The van der Waals surface area contributed by atoms with Gasteiger partial charge in [-0.3, -0.25) is 13.9 Å². The van der Waals surface area contributed by atoms with Crippen molar-refractivity contribution in [2.24, 2.45) is 5.92 Å². The van der Waals surface area contributed by atoms with E-state index < -0.39 is 51.2 Å². The average Bonchev–Trinajstić information content (AvgIpc) is 2.85. The number of sulfonamides is 1. The summed E-state index contributed by atoms with van der Waals surface area (Å²) in [5.41, 5.74) is -0.988. The number of nitrogens with zero attached hydrogens (tertiary/aromatic N) is 2. The van der Waals surface area contributed by atoms with Gasteiger partial charge in [-0.2, -0.15) is 13.2 Å². The first kappa shape index (κ1) is 32.2. The summed E-state index contributed by atoms with van der Waals surface area (Å²) in [6.45, 7) is 5.00. The third-order valence-electron chi connectivity index (χ3n) is 5.80. The molecule has 0 saturated carbocycles. The molecule has 0 radical (unpaired) electrons. The van der Waals surface area contributed by atoms with Crippen molar-refractivity contribution < 1.29 is 35.9 Å². The molecule has 2 rings (SSSR count). The molecule has 39 heavy (non-hydrogen) atoms. The molecule has 0 bridgehead atoms. The maximum absolute atomic E-state index is 13.7. The molecule has 1 N–H and O–H groups in total. The Bertz CT molecular complexity index is 1250. The summed E-state index contributed by atoms with van der Waals surface area (Å²) in [7, 11) is -2.72. The van der Waals surface area contributed by atoms with Gasteiger partial charge in [-0.05, 0) is 48.2 Å². The maximum atomic E-state index is 13.7. The van der Waals surface area contributed by atoms with Crippen molar-refractivity contribution >= 4 is 39.1 Å². The monoisotopic (exact) mass is 591 g/mol. The van der Waals surface area contributed by atoms with Gasteiger partial charge in [-0.15, -0.1) is 0 Å². The lowest BCUT2D eigenvalue weighted by molar-refractivity contribution is -0.140. The molecule has 0 spiro atoms. The first-order valence-corrected chi connectivity index (χ1v) is 14.4. The highest BCUT2D eigenvalue weighted by atomic mass is 35.5. The number of halogens is 4. The number of carbonyl (C=O) groups excluding carboxylic acids is 2. The standard InChI is InChI=1S/C26H33ClF3N3O5S/c1-6-23(25(35)31-14-17(2)3)32(15-18-7-10-20(38-4)11-8-18)24(34)16-33(39(5,36)37)19-9-12-22(27)21(13-19)26(28,29)30/h7-13,17,23H,6,14-16H2,1-5H3,(H,31,35). The second-order valence-corrected chi connectivity index (χ2v) is 11.7. The zero-order chi connectivity index (χ0) is 29.5. The van der Waals surface area contributed by atoms with Crippen molar-refractivity contribution in [3.8, 4) is 5.75 Å². The Kier molecular flexibility index (Phi) is 11.1. The van der Waals surface area contributed by atoms with Crippen LogP contribution in [0.5, 0.6) is 5.75 Å². The minimum atomic E-state index is -4.84. The van der Waals surface area contributed by atoms with E-state index >= 15 is 0 Å². The molecule has 1 atom stereocenters. The van der Waals surface area contributed by atoms with Gasteiger partial charge >= 0.3 is 6.18 Å². The van der Waals surface area contributed by atoms with E-state index in [0.29, 0.717) is 28.2 Å². The number of benzene rings is 2. The van der Waals surface area contributed by atoms with Gasteiger partial charge < -0.3 is 15.0 Å². The van der Waals surface area contributed by atoms with Crippen LogP contribution in [0, 0.1) is 5.92 Å². The number of rotatable bonds is 12. The molecule has 13 heteroatoms. The van der Waals surface area contributed by atoms with E-state index in [1.165, 1.54) is 12.0 Å². The highest BCUT2D eigenvalue weighted by molar-refractivity contribution is 7.92. The Balaban J connectivity index is 2.50.